The standard InChI is InChI=1S/C23H28ClN3O/c1-19(25-23(28)12-9-20-7-10-21(24)11-8-20)13-14-26-15-17-27(18-16-26)22-5-3-2-4-6-22/h2-12,19H,13-18H2,1H3,(H,25,28)/b12-9+/t19-/m1/s1. The minimum atomic E-state index is -0.0589. The first-order chi connectivity index (χ1) is 13.6. The molecule has 5 heteroatoms. The molecule has 1 saturated heterocycles. The molecule has 2 aromatic carbocycles. The third-order valence-electron chi connectivity index (χ3n) is 5.06. The number of hydrogen-bond acceptors (Lipinski definition) is 3. The van der Waals surface area contributed by atoms with E-state index in [4.69, 9.17) is 11.6 Å². The molecule has 1 fully saturated rings. The van der Waals surface area contributed by atoms with Gasteiger partial charge in [-0.1, -0.05) is 41.9 Å². The predicted octanol–water partition coefficient (Wildman–Crippen LogP) is 4.07. The molecule has 1 heterocycles. The number of hydrogen-bond donors (Lipinski definition) is 1. The first-order valence-electron chi connectivity index (χ1n) is 9.86. The maximum absolute atomic E-state index is 12.1. The van der Waals surface area contributed by atoms with Gasteiger partial charge in [-0.15, -0.1) is 0 Å². The molecule has 0 bridgehead atoms. The Labute approximate surface area is 172 Å². The SMILES string of the molecule is C[C@H](CCN1CCN(c2ccccc2)CC1)NC(=O)/C=C/c1ccc(Cl)cc1. The van der Waals surface area contributed by atoms with Crippen molar-refractivity contribution in [3.63, 3.8) is 0 Å². The van der Waals surface area contributed by atoms with Crippen molar-refractivity contribution in [2.45, 2.75) is 19.4 Å². The van der Waals surface area contributed by atoms with Gasteiger partial charge in [-0.05, 0) is 49.2 Å². The molecule has 1 aliphatic heterocycles. The number of anilines is 1. The largest absolute Gasteiger partial charge is 0.369 e. The van der Waals surface area contributed by atoms with E-state index in [-0.39, 0.29) is 11.9 Å². The van der Waals surface area contributed by atoms with Gasteiger partial charge >= 0.3 is 0 Å². The van der Waals surface area contributed by atoms with E-state index in [9.17, 15) is 4.79 Å². The van der Waals surface area contributed by atoms with Crippen LogP contribution < -0.4 is 10.2 Å². The number of rotatable bonds is 7. The van der Waals surface area contributed by atoms with E-state index < -0.39 is 0 Å². The van der Waals surface area contributed by atoms with Crippen LogP contribution in [0.25, 0.3) is 6.08 Å². The molecular formula is C23H28ClN3O. The lowest BCUT2D eigenvalue weighted by Crippen LogP contribution is -2.47. The lowest BCUT2D eigenvalue weighted by Gasteiger charge is -2.36. The van der Waals surface area contributed by atoms with Crippen molar-refractivity contribution < 1.29 is 4.79 Å². The van der Waals surface area contributed by atoms with Gasteiger partial charge in [0.15, 0.2) is 0 Å². The van der Waals surface area contributed by atoms with Gasteiger partial charge in [0.05, 0.1) is 0 Å². The van der Waals surface area contributed by atoms with Crippen LogP contribution >= 0.6 is 11.6 Å². The van der Waals surface area contributed by atoms with Crippen LogP contribution in [0.3, 0.4) is 0 Å². The number of amides is 1. The summed E-state index contributed by atoms with van der Waals surface area (Å²) in [5, 5.41) is 3.74. The van der Waals surface area contributed by atoms with E-state index in [1.165, 1.54) is 5.69 Å². The molecule has 0 spiro atoms. The summed E-state index contributed by atoms with van der Waals surface area (Å²) >= 11 is 5.87. The zero-order chi connectivity index (χ0) is 19.8. The molecule has 0 radical (unpaired) electrons. The molecule has 4 nitrogen and oxygen atoms in total. The first kappa shape index (κ1) is 20.4. The average molecular weight is 398 g/mol. The summed E-state index contributed by atoms with van der Waals surface area (Å²) in [6.07, 6.45) is 4.34. The van der Waals surface area contributed by atoms with E-state index in [2.05, 4.69) is 52.4 Å². The number of para-hydroxylation sites is 1. The maximum atomic E-state index is 12.1. The molecule has 1 N–H and O–H groups in total. The lowest BCUT2D eigenvalue weighted by molar-refractivity contribution is -0.117. The highest BCUT2D eigenvalue weighted by atomic mass is 35.5. The fourth-order valence-corrected chi connectivity index (χ4v) is 3.48. The number of halogens is 1. The number of nitrogens with zero attached hydrogens (tertiary/aromatic N) is 2. The number of nitrogens with one attached hydrogen (secondary N) is 1. The normalized spacial score (nSPS) is 16.3. The summed E-state index contributed by atoms with van der Waals surface area (Å²) in [6, 6.07) is 18.2. The number of carbonyl (C=O) groups is 1. The van der Waals surface area contributed by atoms with Gasteiger partial charge < -0.3 is 10.2 Å². The fraction of sp³-hybridized carbons (Fsp3) is 0.348. The van der Waals surface area contributed by atoms with Crippen LogP contribution in [0, 0.1) is 0 Å². The van der Waals surface area contributed by atoms with Gasteiger partial charge in [0.2, 0.25) is 5.91 Å². The van der Waals surface area contributed by atoms with E-state index in [0.717, 1.165) is 44.7 Å². The summed E-state index contributed by atoms with van der Waals surface area (Å²) in [4.78, 5) is 17.0. The molecule has 148 valence electrons. The molecule has 1 amide bonds. The Kier molecular flexibility index (Phi) is 7.52. The number of carbonyl (C=O) groups excluding carboxylic acids is 1. The highest BCUT2D eigenvalue weighted by molar-refractivity contribution is 6.30. The van der Waals surface area contributed by atoms with Crippen molar-refractivity contribution >= 4 is 29.3 Å². The number of benzene rings is 2. The topological polar surface area (TPSA) is 35.6 Å². The lowest BCUT2D eigenvalue weighted by atomic mass is 10.2. The second kappa shape index (κ2) is 10.3. The summed E-state index contributed by atoms with van der Waals surface area (Å²) < 4.78 is 0. The van der Waals surface area contributed by atoms with Crippen molar-refractivity contribution in [2.24, 2.45) is 0 Å². The Morgan fingerprint density at radius 2 is 1.75 bits per heavy atom. The first-order valence-corrected chi connectivity index (χ1v) is 10.2. The molecule has 3 rings (SSSR count). The minimum absolute atomic E-state index is 0.0589. The van der Waals surface area contributed by atoms with Gasteiger partial charge in [-0.25, -0.2) is 0 Å². The summed E-state index contributed by atoms with van der Waals surface area (Å²) in [5.41, 5.74) is 2.26. The Bertz CT molecular complexity index is 768. The second-order valence-electron chi connectivity index (χ2n) is 7.25. The van der Waals surface area contributed by atoms with Gasteiger partial charge in [0.25, 0.3) is 0 Å². The summed E-state index contributed by atoms with van der Waals surface area (Å²) in [7, 11) is 0. The smallest absolute Gasteiger partial charge is 0.244 e. The van der Waals surface area contributed by atoms with Crippen molar-refractivity contribution in [3.05, 3.63) is 71.3 Å². The Morgan fingerprint density at radius 3 is 2.43 bits per heavy atom. The second-order valence-corrected chi connectivity index (χ2v) is 7.68. The Hall–Kier alpha value is -2.30. The van der Waals surface area contributed by atoms with Crippen LogP contribution in [0.5, 0.6) is 0 Å². The maximum Gasteiger partial charge on any atom is 0.244 e. The van der Waals surface area contributed by atoms with Gasteiger partial charge in [-0.2, -0.15) is 0 Å². The van der Waals surface area contributed by atoms with E-state index in [1.807, 2.05) is 24.3 Å². The minimum Gasteiger partial charge on any atom is -0.369 e. The van der Waals surface area contributed by atoms with Gasteiger partial charge in [0.1, 0.15) is 0 Å². The summed E-state index contributed by atoms with van der Waals surface area (Å²) in [5.74, 6) is -0.0589. The van der Waals surface area contributed by atoms with Crippen molar-refractivity contribution in [2.75, 3.05) is 37.6 Å². The van der Waals surface area contributed by atoms with E-state index in [1.54, 1.807) is 12.2 Å². The molecule has 1 atom stereocenters. The van der Waals surface area contributed by atoms with E-state index in [0.29, 0.717) is 5.02 Å². The highest BCUT2D eigenvalue weighted by Gasteiger charge is 2.17. The third-order valence-corrected chi connectivity index (χ3v) is 5.31. The Balaban J connectivity index is 1.36. The fourth-order valence-electron chi connectivity index (χ4n) is 3.35. The molecule has 0 unspecified atom stereocenters. The molecule has 0 aromatic heterocycles. The van der Waals surface area contributed by atoms with Crippen LogP contribution in [-0.2, 0) is 4.79 Å². The van der Waals surface area contributed by atoms with Crippen molar-refractivity contribution in [1.82, 2.24) is 10.2 Å². The zero-order valence-electron chi connectivity index (χ0n) is 16.4. The quantitative estimate of drug-likeness (QED) is 0.715. The zero-order valence-corrected chi connectivity index (χ0v) is 17.1. The highest BCUT2D eigenvalue weighted by Crippen LogP contribution is 2.15. The van der Waals surface area contributed by atoms with Crippen molar-refractivity contribution in [3.8, 4) is 0 Å². The Morgan fingerprint density at radius 1 is 1.07 bits per heavy atom. The molecule has 28 heavy (non-hydrogen) atoms. The molecular weight excluding hydrogens is 370 g/mol. The molecule has 0 saturated carbocycles. The number of piperazine rings is 1. The molecule has 1 aliphatic rings. The van der Waals surface area contributed by atoms with E-state index >= 15 is 0 Å². The monoisotopic (exact) mass is 397 g/mol. The molecule has 2 aromatic rings. The molecule has 0 aliphatic carbocycles. The van der Waals surface area contributed by atoms with Gasteiger partial charge in [-0.3, -0.25) is 9.69 Å². The van der Waals surface area contributed by atoms with Crippen LogP contribution in [0.2, 0.25) is 5.02 Å². The van der Waals surface area contributed by atoms with Crippen LogP contribution in [0.4, 0.5) is 5.69 Å². The van der Waals surface area contributed by atoms with Gasteiger partial charge in [0, 0.05) is 55.6 Å². The summed E-state index contributed by atoms with van der Waals surface area (Å²) in [6.45, 7) is 7.29. The third kappa shape index (κ3) is 6.39. The van der Waals surface area contributed by atoms with Crippen molar-refractivity contribution in [1.29, 1.82) is 0 Å². The van der Waals surface area contributed by atoms with Crippen LogP contribution in [0.15, 0.2) is 60.7 Å². The van der Waals surface area contributed by atoms with Crippen LogP contribution in [0.1, 0.15) is 18.9 Å². The van der Waals surface area contributed by atoms with Crippen LogP contribution in [-0.4, -0.2) is 49.6 Å². The predicted molar refractivity (Wildman–Crippen MR) is 118 cm³/mol. The average Bonchev–Trinajstić information content (AvgIpc) is 2.73.